The summed E-state index contributed by atoms with van der Waals surface area (Å²) in [7, 11) is 0. The van der Waals surface area contributed by atoms with E-state index >= 15 is 0 Å². The second kappa shape index (κ2) is 6.27. The topological polar surface area (TPSA) is 42.2 Å². The third-order valence-electron chi connectivity index (χ3n) is 2.65. The van der Waals surface area contributed by atoms with Crippen LogP contribution in [0.3, 0.4) is 0 Å². The maximum atomic E-state index is 11.6. The lowest BCUT2D eigenvalue weighted by Crippen LogP contribution is -2.31. The van der Waals surface area contributed by atoms with Crippen LogP contribution in [-0.2, 0) is 11.2 Å². The van der Waals surface area contributed by atoms with Crippen molar-refractivity contribution in [1.82, 2.24) is 5.32 Å². The van der Waals surface area contributed by atoms with Crippen molar-refractivity contribution >= 4 is 5.91 Å². The minimum absolute atomic E-state index is 0.161. The molecule has 0 spiro atoms. The van der Waals surface area contributed by atoms with Gasteiger partial charge in [0, 0.05) is 12.5 Å². The molecule has 1 amide bonds. The van der Waals surface area contributed by atoms with Gasteiger partial charge < -0.3 is 9.73 Å². The highest BCUT2D eigenvalue weighted by Crippen LogP contribution is 2.07. The fraction of sp³-hybridized carbons (Fsp3) is 0.583. The van der Waals surface area contributed by atoms with Gasteiger partial charge in [0.05, 0.1) is 12.5 Å². The van der Waals surface area contributed by atoms with Gasteiger partial charge in [-0.25, -0.2) is 0 Å². The van der Waals surface area contributed by atoms with Crippen LogP contribution >= 0.6 is 0 Å². The Kier molecular flexibility index (Phi) is 4.95. The first-order chi connectivity index (χ1) is 7.27. The largest absolute Gasteiger partial charge is 0.472 e. The number of rotatable bonds is 6. The molecule has 0 saturated heterocycles. The van der Waals surface area contributed by atoms with Gasteiger partial charge in [-0.1, -0.05) is 13.8 Å². The molecule has 0 saturated carbocycles. The number of hydrogen-bond donors (Lipinski definition) is 1. The number of furan rings is 1. The highest BCUT2D eigenvalue weighted by molar-refractivity contribution is 5.78. The van der Waals surface area contributed by atoms with E-state index in [9.17, 15) is 4.79 Å². The summed E-state index contributed by atoms with van der Waals surface area (Å²) in [5.74, 6) is 0.331. The predicted octanol–water partition coefficient (Wildman–Crippen LogP) is 2.37. The molecule has 0 bridgehead atoms. The normalized spacial score (nSPS) is 10.6. The summed E-state index contributed by atoms with van der Waals surface area (Å²) in [6, 6.07) is 1.92. The minimum atomic E-state index is 0.161. The van der Waals surface area contributed by atoms with Crippen LogP contribution in [0.4, 0.5) is 0 Å². The van der Waals surface area contributed by atoms with Gasteiger partial charge in [0.25, 0.3) is 0 Å². The fourth-order valence-electron chi connectivity index (χ4n) is 1.57. The smallest absolute Gasteiger partial charge is 0.223 e. The Morgan fingerprint density at radius 1 is 1.47 bits per heavy atom. The first kappa shape index (κ1) is 11.8. The minimum Gasteiger partial charge on any atom is -0.472 e. The van der Waals surface area contributed by atoms with Crippen molar-refractivity contribution in [3.63, 3.8) is 0 Å². The Morgan fingerprint density at radius 3 is 2.73 bits per heavy atom. The van der Waals surface area contributed by atoms with Crippen molar-refractivity contribution in [2.45, 2.75) is 33.1 Å². The zero-order chi connectivity index (χ0) is 11.1. The van der Waals surface area contributed by atoms with Crippen LogP contribution in [0.2, 0.25) is 0 Å². The number of carbonyl (C=O) groups is 1. The average molecular weight is 209 g/mol. The standard InChI is InChI=1S/C12H19NO2/c1-3-11(4-2)12(14)13-7-5-10-6-8-15-9-10/h6,8-9,11H,3-5,7H2,1-2H3,(H,13,14). The first-order valence-electron chi connectivity index (χ1n) is 5.56. The van der Waals surface area contributed by atoms with Crippen LogP contribution in [0.1, 0.15) is 32.3 Å². The van der Waals surface area contributed by atoms with Crippen molar-refractivity contribution in [3.8, 4) is 0 Å². The quantitative estimate of drug-likeness (QED) is 0.781. The van der Waals surface area contributed by atoms with E-state index in [1.54, 1.807) is 12.5 Å². The highest BCUT2D eigenvalue weighted by Gasteiger charge is 2.12. The first-order valence-corrected chi connectivity index (χ1v) is 5.56. The maximum absolute atomic E-state index is 11.6. The van der Waals surface area contributed by atoms with Crippen LogP contribution < -0.4 is 5.32 Å². The molecule has 0 fully saturated rings. The summed E-state index contributed by atoms with van der Waals surface area (Å²) < 4.78 is 4.95. The lowest BCUT2D eigenvalue weighted by Gasteiger charge is -2.12. The molecule has 0 aliphatic heterocycles. The molecule has 0 aliphatic carbocycles. The van der Waals surface area contributed by atoms with Gasteiger partial charge in [0.1, 0.15) is 0 Å². The van der Waals surface area contributed by atoms with Crippen LogP contribution in [0.15, 0.2) is 23.0 Å². The Bertz CT molecular complexity index is 276. The van der Waals surface area contributed by atoms with Crippen molar-refractivity contribution in [1.29, 1.82) is 0 Å². The third kappa shape index (κ3) is 3.78. The number of amides is 1. The number of carbonyl (C=O) groups excluding carboxylic acids is 1. The second-order valence-electron chi connectivity index (χ2n) is 3.69. The summed E-state index contributed by atoms with van der Waals surface area (Å²) in [4.78, 5) is 11.6. The van der Waals surface area contributed by atoms with E-state index < -0.39 is 0 Å². The Labute approximate surface area is 90.9 Å². The van der Waals surface area contributed by atoms with Crippen molar-refractivity contribution in [2.24, 2.45) is 5.92 Å². The average Bonchev–Trinajstić information content (AvgIpc) is 2.72. The summed E-state index contributed by atoms with van der Waals surface area (Å²) >= 11 is 0. The molecule has 1 N–H and O–H groups in total. The molecule has 1 heterocycles. The van der Waals surface area contributed by atoms with E-state index in [-0.39, 0.29) is 11.8 Å². The van der Waals surface area contributed by atoms with Crippen LogP contribution in [-0.4, -0.2) is 12.5 Å². The molecule has 0 atom stereocenters. The molecule has 3 heteroatoms. The van der Waals surface area contributed by atoms with E-state index in [1.165, 1.54) is 0 Å². The summed E-state index contributed by atoms with van der Waals surface area (Å²) in [5, 5.41) is 2.94. The van der Waals surface area contributed by atoms with Crippen LogP contribution in [0.25, 0.3) is 0 Å². The Balaban J connectivity index is 2.22. The molecule has 1 rings (SSSR count). The van der Waals surface area contributed by atoms with Gasteiger partial charge in [-0.3, -0.25) is 4.79 Å². The van der Waals surface area contributed by atoms with E-state index in [1.807, 2.05) is 19.9 Å². The van der Waals surface area contributed by atoms with Crippen LogP contribution in [0.5, 0.6) is 0 Å². The monoisotopic (exact) mass is 209 g/mol. The molecule has 3 nitrogen and oxygen atoms in total. The van der Waals surface area contributed by atoms with E-state index in [2.05, 4.69) is 5.32 Å². The van der Waals surface area contributed by atoms with Crippen molar-refractivity contribution < 1.29 is 9.21 Å². The van der Waals surface area contributed by atoms with Crippen LogP contribution in [0, 0.1) is 5.92 Å². The Morgan fingerprint density at radius 2 is 2.20 bits per heavy atom. The number of nitrogens with one attached hydrogen (secondary N) is 1. The molecular weight excluding hydrogens is 190 g/mol. The summed E-state index contributed by atoms with van der Waals surface area (Å²) in [6.07, 6.45) is 6.02. The maximum Gasteiger partial charge on any atom is 0.223 e. The highest BCUT2D eigenvalue weighted by atomic mass is 16.3. The molecule has 1 aromatic rings. The zero-order valence-electron chi connectivity index (χ0n) is 9.45. The van der Waals surface area contributed by atoms with Gasteiger partial charge >= 0.3 is 0 Å². The molecule has 1 aromatic heterocycles. The molecule has 0 aliphatic rings. The van der Waals surface area contributed by atoms with Crippen molar-refractivity contribution in [3.05, 3.63) is 24.2 Å². The summed E-state index contributed by atoms with van der Waals surface area (Å²) in [6.45, 7) is 4.78. The van der Waals surface area contributed by atoms with E-state index in [4.69, 9.17) is 4.42 Å². The van der Waals surface area contributed by atoms with Gasteiger partial charge in [0.15, 0.2) is 0 Å². The molecule has 0 aromatic carbocycles. The van der Waals surface area contributed by atoms with Gasteiger partial charge in [0.2, 0.25) is 5.91 Å². The molecular formula is C12H19NO2. The van der Waals surface area contributed by atoms with Gasteiger partial charge in [-0.2, -0.15) is 0 Å². The van der Waals surface area contributed by atoms with Gasteiger partial charge in [-0.05, 0) is 30.9 Å². The molecule has 0 radical (unpaired) electrons. The third-order valence-corrected chi connectivity index (χ3v) is 2.65. The lowest BCUT2D eigenvalue weighted by atomic mass is 10.0. The molecule has 15 heavy (non-hydrogen) atoms. The lowest BCUT2D eigenvalue weighted by molar-refractivity contribution is -0.125. The fourth-order valence-corrected chi connectivity index (χ4v) is 1.57. The molecule has 0 unspecified atom stereocenters. The zero-order valence-corrected chi connectivity index (χ0v) is 9.45. The predicted molar refractivity (Wildman–Crippen MR) is 59.5 cm³/mol. The van der Waals surface area contributed by atoms with E-state index in [0.717, 1.165) is 24.8 Å². The second-order valence-corrected chi connectivity index (χ2v) is 3.69. The Hall–Kier alpha value is -1.25. The SMILES string of the molecule is CCC(CC)C(=O)NCCc1ccoc1. The number of hydrogen-bond acceptors (Lipinski definition) is 2. The van der Waals surface area contributed by atoms with Crippen molar-refractivity contribution in [2.75, 3.05) is 6.54 Å². The van der Waals surface area contributed by atoms with Gasteiger partial charge in [-0.15, -0.1) is 0 Å². The van der Waals surface area contributed by atoms with E-state index in [0.29, 0.717) is 6.54 Å². The summed E-state index contributed by atoms with van der Waals surface area (Å²) in [5.41, 5.74) is 1.12. The molecule has 84 valence electrons.